The number of hydrogen-bond acceptors (Lipinski definition) is 3. The molecule has 0 saturated heterocycles. The van der Waals surface area contributed by atoms with Crippen molar-refractivity contribution in [3.63, 3.8) is 0 Å². The predicted octanol–water partition coefficient (Wildman–Crippen LogP) is 4.13. The lowest BCUT2D eigenvalue weighted by molar-refractivity contribution is 1.09. The third-order valence-corrected chi connectivity index (χ3v) is 4.38. The first-order valence-corrected chi connectivity index (χ1v) is 8.55. The molecule has 0 bridgehead atoms. The number of fused-ring (bicyclic) bond motifs is 1. The van der Waals surface area contributed by atoms with E-state index in [9.17, 15) is 0 Å². The zero-order valence-corrected chi connectivity index (χ0v) is 14.4. The van der Waals surface area contributed by atoms with E-state index < -0.39 is 0 Å². The number of nitriles is 1. The van der Waals surface area contributed by atoms with Gasteiger partial charge in [0.2, 0.25) is 0 Å². The molecule has 0 saturated carbocycles. The van der Waals surface area contributed by atoms with Gasteiger partial charge in [0, 0.05) is 13.3 Å². The molecule has 1 heterocycles. The summed E-state index contributed by atoms with van der Waals surface area (Å²) in [5.74, 6) is 0. The van der Waals surface area contributed by atoms with Gasteiger partial charge in [0.15, 0.2) is 0 Å². The molecule has 86 valence electrons. The number of aromatic nitrogens is 2. The average Bonchev–Trinajstić information content (AvgIpc) is 2.36. The number of halogens is 3. The Labute approximate surface area is 134 Å². The third-order valence-electron chi connectivity index (χ3n) is 2.28. The summed E-state index contributed by atoms with van der Waals surface area (Å²) in [6, 6.07) is 5.77. The van der Waals surface area contributed by atoms with Gasteiger partial charge in [-0.05, 0) is 28.1 Å². The van der Waals surface area contributed by atoms with Crippen molar-refractivity contribution in [1.82, 2.24) is 9.97 Å². The predicted molar refractivity (Wildman–Crippen MR) is 87.4 cm³/mol. The van der Waals surface area contributed by atoms with Crippen molar-refractivity contribution in [3.05, 3.63) is 33.6 Å². The molecule has 0 unspecified atom stereocenters. The molecule has 0 amide bonds. The maximum Gasteiger partial charge on any atom is 0.100 e. The van der Waals surface area contributed by atoms with E-state index >= 15 is 0 Å². The van der Waals surface area contributed by atoms with Crippen LogP contribution in [0.2, 0.25) is 0 Å². The molecule has 0 aliphatic rings. The number of benzene rings is 1. The smallest absolute Gasteiger partial charge is 0.100 e. The van der Waals surface area contributed by atoms with Crippen LogP contribution in [0.1, 0.15) is 17.0 Å². The molecule has 0 fully saturated rings. The molecule has 1 aromatic heterocycles. The van der Waals surface area contributed by atoms with Crippen LogP contribution >= 0.6 is 61.1 Å². The number of nitrogens with zero attached hydrogens (tertiary/aromatic N) is 3. The van der Waals surface area contributed by atoms with Crippen LogP contribution in [-0.2, 0) is 8.86 Å². The monoisotopic (exact) mass is 513 g/mol. The summed E-state index contributed by atoms with van der Waals surface area (Å²) in [5.41, 5.74) is 4.22. The van der Waals surface area contributed by atoms with Gasteiger partial charge < -0.3 is 0 Å². The second-order valence-electron chi connectivity index (χ2n) is 3.32. The van der Waals surface area contributed by atoms with Gasteiger partial charge in [0.05, 0.1) is 28.0 Å². The van der Waals surface area contributed by atoms with Crippen molar-refractivity contribution in [1.29, 1.82) is 5.26 Å². The zero-order chi connectivity index (χ0) is 12.4. The second kappa shape index (κ2) is 5.75. The molecule has 0 radical (unpaired) electrons. The molecule has 3 nitrogen and oxygen atoms in total. The number of alkyl halides is 2. The Kier molecular flexibility index (Phi) is 4.54. The Balaban J connectivity index is 2.75. The molecule has 0 aliphatic carbocycles. The molecule has 0 aliphatic heterocycles. The lowest BCUT2D eigenvalue weighted by Gasteiger charge is -2.06. The fraction of sp³-hybridized carbons (Fsp3) is 0.182. The first-order valence-electron chi connectivity index (χ1n) is 4.70. The van der Waals surface area contributed by atoms with Crippen molar-refractivity contribution in [3.8, 4) is 6.07 Å². The highest BCUT2D eigenvalue weighted by molar-refractivity contribution is 14.1. The van der Waals surface area contributed by atoms with Crippen LogP contribution in [0.5, 0.6) is 0 Å². The quantitative estimate of drug-likeness (QED) is 0.448. The molecule has 2 aromatic rings. The maximum atomic E-state index is 8.97. The van der Waals surface area contributed by atoms with E-state index in [0.717, 1.165) is 35.7 Å². The molecule has 17 heavy (non-hydrogen) atoms. The average molecular weight is 514 g/mol. The topological polar surface area (TPSA) is 49.6 Å². The Hall–Kier alpha value is -0.0100. The van der Waals surface area contributed by atoms with E-state index in [0.29, 0.717) is 5.56 Å². The standard InChI is InChI=1S/C11H6BrI2N3/c12-7-2-9-8(1-6(7)5-15)16-10(3-13)11(4-14)17-9/h1-2H,3-4H2. The van der Waals surface area contributed by atoms with Crippen molar-refractivity contribution in [2.45, 2.75) is 8.86 Å². The second-order valence-corrected chi connectivity index (χ2v) is 5.70. The Morgan fingerprint density at radius 2 is 1.65 bits per heavy atom. The number of rotatable bonds is 2. The molecule has 0 spiro atoms. The van der Waals surface area contributed by atoms with Gasteiger partial charge in [0.1, 0.15) is 6.07 Å². The minimum atomic E-state index is 0.591. The van der Waals surface area contributed by atoms with Gasteiger partial charge in [-0.15, -0.1) is 0 Å². The summed E-state index contributed by atoms with van der Waals surface area (Å²) < 4.78 is 2.44. The molecule has 6 heteroatoms. The Morgan fingerprint density at radius 3 is 2.12 bits per heavy atom. The van der Waals surface area contributed by atoms with Crippen LogP contribution in [0, 0.1) is 11.3 Å². The van der Waals surface area contributed by atoms with Crippen LogP contribution < -0.4 is 0 Å². The van der Waals surface area contributed by atoms with Gasteiger partial charge >= 0.3 is 0 Å². The first-order chi connectivity index (χ1) is 8.19. The summed E-state index contributed by atoms with van der Waals surface area (Å²) >= 11 is 7.93. The van der Waals surface area contributed by atoms with E-state index in [-0.39, 0.29) is 0 Å². The van der Waals surface area contributed by atoms with E-state index in [4.69, 9.17) is 5.26 Å². The first kappa shape index (κ1) is 13.4. The van der Waals surface area contributed by atoms with Gasteiger partial charge in [-0.2, -0.15) is 5.26 Å². The highest BCUT2D eigenvalue weighted by atomic mass is 127. The van der Waals surface area contributed by atoms with Gasteiger partial charge in [-0.1, -0.05) is 45.2 Å². The molecule has 1 aromatic carbocycles. The minimum absolute atomic E-state index is 0.591. The largest absolute Gasteiger partial charge is 0.248 e. The van der Waals surface area contributed by atoms with Crippen LogP contribution in [0.25, 0.3) is 11.0 Å². The highest BCUT2D eigenvalue weighted by Crippen LogP contribution is 2.24. The molecule has 2 rings (SSSR count). The Bertz CT molecular complexity index is 622. The maximum absolute atomic E-state index is 8.97. The summed E-state index contributed by atoms with van der Waals surface area (Å²) in [7, 11) is 0. The van der Waals surface area contributed by atoms with E-state index in [1.165, 1.54) is 0 Å². The van der Waals surface area contributed by atoms with Crippen molar-refractivity contribution < 1.29 is 0 Å². The normalized spacial score (nSPS) is 10.5. The Morgan fingerprint density at radius 1 is 1.12 bits per heavy atom. The van der Waals surface area contributed by atoms with Crippen LogP contribution in [0.4, 0.5) is 0 Å². The highest BCUT2D eigenvalue weighted by Gasteiger charge is 2.09. The summed E-state index contributed by atoms with van der Waals surface area (Å²) in [6.07, 6.45) is 0. The summed E-state index contributed by atoms with van der Waals surface area (Å²) in [6.45, 7) is 0. The van der Waals surface area contributed by atoms with Crippen LogP contribution in [0.15, 0.2) is 16.6 Å². The zero-order valence-electron chi connectivity index (χ0n) is 8.54. The van der Waals surface area contributed by atoms with E-state index in [2.05, 4.69) is 77.1 Å². The molecule has 0 N–H and O–H groups in total. The van der Waals surface area contributed by atoms with Crippen LogP contribution in [0.3, 0.4) is 0 Å². The molecule has 0 atom stereocenters. The van der Waals surface area contributed by atoms with Gasteiger partial charge in [0.25, 0.3) is 0 Å². The SMILES string of the molecule is N#Cc1cc2nc(CI)c(CI)nc2cc1Br. The number of hydrogen-bond donors (Lipinski definition) is 0. The third kappa shape index (κ3) is 2.71. The summed E-state index contributed by atoms with van der Waals surface area (Å²) in [4.78, 5) is 9.15. The molecular weight excluding hydrogens is 508 g/mol. The lowest BCUT2D eigenvalue weighted by atomic mass is 10.2. The molecular formula is C11H6BrI2N3. The lowest BCUT2D eigenvalue weighted by Crippen LogP contribution is -1.99. The van der Waals surface area contributed by atoms with E-state index in [1.54, 1.807) is 6.07 Å². The fourth-order valence-corrected chi connectivity index (χ4v) is 3.09. The van der Waals surface area contributed by atoms with E-state index in [1.807, 2.05) is 6.07 Å². The van der Waals surface area contributed by atoms with Crippen molar-refractivity contribution in [2.75, 3.05) is 0 Å². The van der Waals surface area contributed by atoms with Crippen molar-refractivity contribution >= 4 is 72.1 Å². The van der Waals surface area contributed by atoms with Crippen molar-refractivity contribution in [2.24, 2.45) is 0 Å². The summed E-state index contributed by atoms with van der Waals surface area (Å²) in [5, 5.41) is 8.97. The van der Waals surface area contributed by atoms with Crippen LogP contribution in [-0.4, -0.2) is 9.97 Å². The van der Waals surface area contributed by atoms with Gasteiger partial charge in [-0.3, -0.25) is 0 Å². The van der Waals surface area contributed by atoms with Gasteiger partial charge in [-0.25, -0.2) is 9.97 Å². The fourth-order valence-electron chi connectivity index (χ4n) is 1.45. The minimum Gasteiger partial charge on any atom is -0.248 e.